The molecule has 0 atom stereocenters. The van der Waals surface area contributed by atoms with E-state index >= 15 is 0 Å². The van der Waals surface area contributed by atoms with E-state index in [0.717, 1.165) is 11.1 Å². The van der Waals surface area contributed by atoms with Gasteiger partial charge in [-0.05, 0) is 66.1 Å². The molecule has 2 aliphatic rings. The van der Waals surface area contributed by atoms with E-state index in [0.29, 0.717) is 93.0 Å². The predicted molar refractivity (Wildman–Crippen MR) is 187 cm³/mol. The Kier molecular flexibility index (Phi) is 7.81. The summed E-state index contributed by atoms with van der Waals surface area (Å²) < 4.78 is 55.1. The highest BCUT2D eigenvalue weighted by Crippen LogP contribution is 2.29. The third kappa shape index (κ3) is 7.71. The maximum absolute atomic E-state index is 13.0. The van der Waals surface area contributed by atoms with Crippen LogP contribution in [0.25, 0.3) is 0 Å². The van der Waals surface area contributed by atoms with Crippen LogP contribution < -0.4 is 29.9 Å². The molecule has 2 fully saturated rings. The molecule has 0 aliphatic carbocycles. The number of carbonyl (C=O) groups excluding carboxylic acids is 2. The Bertz CT molecular complexity index is 1720. The fraction of sp³-hybridized carbons (Fsp3) is 0.297. The Labute approximate surface area is 284 Å². The van der Waals surface area contributed by atoms with Crippen LogP contribution in [-0.4, -0.2) is 88.3 Å². The van der Waals surface area contributed by atoms with Crippen molar-refractivity contribution in [2.45, 2.75) is 6.42 Å². The highest BCUT2D eigenvalue weighted by Gasteiger charge is 2.24. The van der Waals surface area contributed by atoms with Gasteiger partial charge in [0, 0.05) is 63.7 Å². The highest BCUT2D eigenvalue weighted by molar-refractivity contribution is 5.90. The summed E-state index contributed by atoms with van der Waals surface area (Å²) in [4.78, 5) is 33.5. The molecule has 2 N–H and O–H groups in total. The number of urea groups is 2. The predicted octanol–water partition coefficient (Wildman–Crippen LogP) is 6.00. The van der Waals surface area contributed by atoms with Gasteiger partial charge in [-0.15, -0.1) is 0 Å². The second kappa shape index (κ2) is 14.8. The SMILES string of the molecule is [2H]C([2H])([2H])Oc1ccccc1N1CCN(C(=O)Nc2ccc(Cc3ccc(NC(=O)N4CCN(c5ccccc5OC([2H])([2H])[2H])CC4)cc3)cc2)CC1. The summed E-state index contributed by atoms with van der Waals surface area (Å²) in [5, 5.41) is 5.94. The lowest BCUT2D eigenvalue weighted by Gasteiger charge is -2.36. The van der Waals surface area contributed by atoms with Gasteiger partial charge in [-0.1, -0.05) is 48.5 Å². The summed E-state index contributed by atoms with van der Waals surface area (Å²) in [5.74, 6) is 0.587. The first-order valence-electron chi connectivity index (χ1n) is 18.7. The fourth-order valence-corrected chi connectivity index (χ4v) is 5.96. The van der Waals surface area contributed by atoms with Crippen molar-refractivity contribution in [2.24, 2.45) is 0 Å². The number of ether oxygens (including phenoxy) is 2. The molecule has 47 heavy (non-hydrogen) atoms. The number of nitrogens with one attached hydrogen (secondary N) is 2. The van der Waals surface area contributed by atoms with Gasteiger partial charge in [0.1, 0.15) is 11.5 Å². The fourth-order valence-electron chi connectivity index (χ4n) is 5.96. The zero-order chi connectivity index (χ0) is 37.6. The maximum Gasteiger partial charge on any atom is 0.321 e. The second-order valence-electron chi connectivity index (χ2n) is 11.5. The molecule has 0 bridgehead atoms. The topological polar surface area (TPSA) is 89.6 Å². The van der Waals surface area contributed by atoms with E-state index < -0.39 is 14.1 Å². The molecule has 6 rings (SSSR count). The van der Waals surface area contributed by atoms with Crippen LogP contribution in [0.5, 0.6) is 11.5 Å². The highest BCUT2D eigenvalue weighted by atomic mass is 16.5. The van der Waals surface area contributed by atoms with E-state index in [9.17, 15) is 9.59 Å². The Hall–Kier alpha value is -5.38. The molecule has 244 valence electrons. The number of benzene rings is 4. The van der Waals surface area contributed by atoms with Gasteiger partial charge in [0.05, 0.1) is 33.7 Å². The number of methoxy groups -OCH3 is 2. The van der Waals surface area contributed by atoms with Crippen molar-refractivity contribution in [3.8, 4) is 11.5 Å². The van der Waals surface area contributed by atoms with E-state index in [1.54, 1.807) is 34.1 Å². The van der Waals surface area contributed by atoms with E-state index in [-0.39, 0.29) is 12.1 Å². The zero-order valence-electron chi connectivity index (χ0n) is 32.0. The zero-order valence-corrected chi connectivity index (χ0v) is 26.0. The van der Waals surface area contributed by atoms with Gasteiger partial charge in [-0.2, -0.15) is 0 Å². The third-order valence-electron chi connectivity index (χ3n) is 8.58. The number of hydrogen-bond acceptors (Lipinski definition) is 6. The Morgan fingerprint density at radius 3 is 1.34 bits per heavy atom. The van der Waals surface area contributed by atoms with Crippen molar-refractivity contribution in [3.05, 3.63) is 108 Å². The third-order valence-corrected chi connectivity index (χ3v) is 8.58. The van der Waals surface area contributed by atoms with Crippen LogP contribution in [0.3, 0.4) is 0 Å². The average molecular weight is 641 g/mol. The number of carbonyl (C=O) groups is 2. The van der Waals surface area contributed by atoms with Crippen molar-refractivity contribution in [2.75, 3.05) is 86.9 Å². The molecule has 4 amide bonds. The standard InChI is InChI=1S/C37H42N6O4/c1-46-34-9-5-3-7-32(34)40-19-23-42(24-20-40)36(44)38-30-15-11-28(12-16-30)27-29-13-17-31(18-14-29)39-37(45)43-25-21-41(22-26-43)33-8-4-6-10-35(33)47-2/h3-18H,19-27H2,1-2H3,(H,38,44)(H,39,45)/i1D3,2D3. The van der Waals surface area contributed by atoms with Gasteiger partial charge in [0.2, 0.25) is 0 Å². The second-order valence-corrected chi connectivity index (χ2v) is 11.5. The molecule has 2 aliphatic heterocycles. The molecule has 2 heterocycles. The van der Waals surface area contributed by atoms with Gasteiger partial charge >= 0.3 is 12.1 Å². The average Bonchev–Trinajstić information content (AvgIpc) is 3.12. The number of rotatable bonds is 8. The van der Waals surface area contributed by atoms with Gasteiger partial charge in [0.15, 0.2) is 0 Å². The van der Waals surface area contributed by atoms with Crippen LogP contribution >= 0.6 is 0 Å². The van der Waals surface area contributed by atoms with Crippen LogP contribution in [0.2, 0.25) is 0 Å². The molecule has 4 aromatic carbocycles. The summed E-state index contributed by atoms with van der Waals surface area (Å²) in [7, 11) is -5.09. The molecular formula is C37H42N6O4. The van der Waals surface area contributed by atoms with Crippen LogP contribution in [-0.2, 0) is 6.42 Å². The normalized spacial score (nSPS) is 17.3. The van der Waals surface area contributed by atoms with Crippen molar-refractivity contribution in [1.82, 2.24) is 9.80 Å². The van der Waals surface area contributed by atoms with Crippen molar-refractivity contribution < 1.29 is 27.3 Å². The minimum atomic E-state index is -2.55. The molecule has 0 spiro atoms. The number of piperazine rings is 2. The Balaban J connectivity index is 0.940. The monoisotopic (exact) mass is 640 g/mol. The van der Waals surface area contributed by atoms with Gasteiger partial charge in [0.25, 0.3) is 0 Å². The summed E-state index contributed by atoms with van der Waals surface area (Å²) in [6.07, 6.45) is 0.673. The van der Waals surface area contributed by atoms with E-state index in [4.69, 9.17) is 17.7 Å². The molecule has 0 aromatic heterocycles. The van der Waals surface area contributed by atoms with Crippen LogP contribution in [0.1, 0.15) is 19.4 Å². The van der Waals surface area contributed by atoms with Gasteiger partial charge in [-0.25, -0.2) is 9.59 Å². The summed E-state index contributed by atoms with van der Waals surface area (Å²) in [6, 6.07) is 29.0. The van der Waals surface area contributed by atoms with Crippen LogP contribution in [0.4, 0.5) is 32.3 Å². The van der Waals surface area contributed by atoms with Crippen LogP contribution in [0.15, 0.2) is 97.1 Å². The molecule has 0 unspecified atom stereocenters. The number of amides is 4. The quantitative estimate of drug-likeness (QED) is 0.246. The lowest BCUT2D eigenvalue weighted by atomic mass is 10.0. The lowest BCUT2D eigenvalue weighted by molar-refractivity contribution is 0.207. The van der Waals surface area contributed by atoms with Gasteiger partial charge < -0.3 is 39.7 Å². The first kappa shape index (κ1) is 24.8. The van der Waals surface area contributed by atoms with Crippen LogP contribution in [0, 0.1) is 0 Å². The molecule has 10 nitrogen and oxygen atoms in total. The molecule has 2 saturated heterocycles. The first-order valence-corrected chi connectivity index (χ1v) is 15.7. The largest absolute Gasteiger partial charge is 0.495 e. The number of nitrogens with zero attached hydrogens (tertiary/aromatic N) is 4. The number of anilines is 4. The minimum absolute atomic E-state index is 0.199. The van der Waals surface area contributed by atoms with Crippen molar-refractivity contribution >= 4 is 34.8 Å². The molecular weight excluding hydrogens is 592 g/mol. The minimum Gasteiger partial charge on any atom is -0.495 e. The Morgan fingerprint density at radius 2 is 0.957 bits per heavy atom. The summed E-state index contributed by atoms with van der Waals surface area (Å²) in [6.45, 7) is 4.04. The van der Waals surface area contributed by atoms with E-state index in [1.807, 2.05) is 82.6 Å². The summed E-state index contributed by atoms with van der Waals surface area (Å²) >= 11 is 0. The maximum atomic E-state index is 13.0. The summed E-state index contributed by atoms with van der Waals surface area (Å²) in [5.41, 5.74) is 4.88. The van der Waals surface area contributed by atoms with Crippen molar-refractivity contribution in [3.63, 3.8) is 0 Å². The molecule has 0 saturated carbocycles. The van der Waals surface area contributed by atoms with Gasteiger partial charge in [-0.3, -0.25) is 0 Å². The molecule has 4 aromatic rings. The molecule has 10 heteroatoms. The first-order chi connectivity index (χ1) is 25.3. The Morgan fingerprint density at radius 1 is 0.574 bits per heavy atom. The molecule has 0 radical (unpaired) electrons. The van der Waals surface area contributed by atoms with Crippen molar-refractivity contribution in [1.29, 1.82) is 0 Å². The lowest BCUT2D eigenvalue weighted by Crippen LogP contribution is -2.50. The van der Waals surface area contributed by atoms with E-state index in [1.165, 1.54) is 0 Å². The smallest absolute Gasteiger partial charge is 0.321 e. The number of hydrogen-bond donors (Lipinski definition) is 2. The van der Waals surface area contributed by atoms with E-state index in [2.05, 4.69) is 10.6 Å². The number of para-hydroxylation sites is 4.